The molecule has 0 rings (SSSR count). The number of carboxylic acids is 1. The molecule has 0 aromatic rings. The Morgan fingerprint density at radius 3 is 2.12 bits per heavy atom. The average Bonchev–Trinajstić information content (AvgIpc) is 2.12. The first-order valence-corrected chi connectivity index (χ1v) is 5.40. The first kappa shape index (κ1) is 14.7. The van der Waals surface area contributed by atoms with E-state index in [1.54, 1.807) is 13.8 Å². The Labute approximate surface area is 96.6 Å². The fraction of sp³-hybridized carbons (Fsp3) is 0.818. The standard InChI is InChI=1S/C11H22N2O3/c1-7(9(14)15)8(2)13-10(16)12-6-11(3,4)5/h7-8H,6H2,1-5H3,(H,14,15)(H2,12,13,16). The van der Waals surface area contributed by atoms with Gasteiger partial charge in [0.05, 0.1) is 5.92 Å². The van der Waals surface area contributed by atoms with Gasteiger partial charge in [-0.1, -0.05) is 20.8 Å². The maximum absolute atomic E-state index is 11.4. The Morgan fingerprint density at radius 2 is 1.75 bits per heavy atom. The zero-order valence-electron chi connectivity index (χ0n) is 10.6. The second-order valence-electron chi connectivity index (χ2n) is 5.30. The van der Waals surface area contributed by atoms with E-state index >= 15 is 0 Å². The Balaban J connectivity index is 4.01. The summed E-state index contributed by atoms with van der Waals surface area (Å²) in [6.45, 7) is 9.82. The smallest absolute Gasteiger partial charge is 0.315 e. The van der Waals surface area contributed by atoms with Crippen LogP contribution in [0.15, 0.2) is 0 Å². The number of nitrogens with one attached hydrogen (secondary N) is 2. The lowest BCUT2D eigenvalue weighted by molar-refractivity contribution is -0.141. The molecule has 0 saturated carbocycles. The van der Waals surface area contributed by atoms with Crippen LogP contribution in [0.25, 0.3) is 0 Å². The van der Waals surface area contributed by atoms with Gasteiger partial charge in [-0.25, -0.2) is 4.79 Å². The minimum absolute atomic E-state index is 0.0129. The molecule has 5 heteroatoms. The molecule has 0 bridgehead atoms. The lowest BCUT2D eigenvalue weighted by atomic mass is 9.97. The van der Waals surface area contributed by atoms with Crippen molar-refractivity contribution >= 4 is 12.0 Å². The van der Waals surface area contributed by atoms with E-state index in [0.29, 0.717) is 6.54 Å². The van der Waals surface area contributed by atoms with Crippen LogP contribution in [-0.2, 0) is 4.79 Å². The molecule has 0 saturated heterocycles. The number of carboxylic acid groups (broad SMARTS) is 1. The lowest BCUT2D eigenvalue weighted by Gasteiger charge is -2.22. The number of carbonyl (C=O) groups excluding carboxylic acids is 1. The van der Waals surface area contributed by atoms with Gasteiger partial charge in [-0.3, -0.25) is 4.79 Å². The summed E-state index contributed by atoms with van der Waals surface area (Å²) in [5, 5.41) is 14.1. The number of rotatable bonds is 4. The maximum Gasteiger partial charge on any atom is 0.315 e. The summed E-state index contributed by atoms with van der Waals surface area (Å²) in [6.07, 6.45) is 0. The number of amides is 2. The van der Waals surface area contributed by atoms with Crippen LogP contribution < -0.4 is 10.6 Å². The van der Waals surface area contributed by atoms with E-state index in [1.165, 1.54) is 0 Å². The third-order valence-electron chi connectivity index (χ3n) is 2.28. The van der Waals surface area contributed by atoms with Crippen LogP contribution in [0.3, 0.4) is 0 Å². The van der Waals surface area contributed by atoms with Crippen molar-refractivity contribution in [2.24, 2.45) is 11.3 Å². The van der Waals surface area contributed by atoms with Gasteiger partial charge in [-0.2, -0.15) is 0 Å². The number of aliphatic carboxylic acids is 1. The Morgan fingerprint density at radius 1 is 1.25 bits per heavy atom. The highest BCUT2D eigenvalue weighted by molar-refractivity contribution is 5.76. The van der Waals surface area contributed by atoms with Crippen molar-refractivity contribution in [3.63, 3.8) is 0 Å². The van der Waals surface area contributed by atoms with Crippen molar-refractivity contribution in [2.45, 2.75) is 40.7 Å². The van der Waals surface area contributed by atoms with E-state index in [4.69, 9.17) is 5.11 Å². The van der Waals surface area contributed by atoms with E-state index in [1.807, 2.05) is 20.8 Å². The van der Waals surface area contributed by atoms with Gasteiger partial charge in [-0.15, -0.1) is 0 Å². The maximum atomic E-state index is 11.4. The van der Waals surface area contributed by atoms with E-state index in [-0.39, 0.29) is 11.4 Å². The topological polar surface area (TPSA) is 78.4 Å². The van der Waals surface area contributed by atoms with Crippen LogP contribution in [0.2, 0.25) is 0 Å². The number of carbonyl (C=O) groups is 2. The van der Waals surface area contributed by atoms with Crippen LogP contribution in [0.5, 0.6) is 0 Å². The number of urea groups is 1. The minimum atomic E-state index is -0.913. The minimum Gasteiger partial charge on any atom is -0.481 e. The monoisotopic (exact) mass is 230 g/mol. The van der Waals surface area contributed by atoms with Gasteiger partial charge in [0.2, 0.25) is 0 Å². The van der Waals surface area contributed by atoms with Crippen molar-refractivity contribution in [3.05, 3.63) is 0 Å². The molecule has 2 unspecified atom stereocenters. The third-order valence-corrected chi connectivity index (χ3v) is 2.28. The number of hydrogen-bond acceptors (Lipinski definition) is 2. The number of hydrogen-bond donors (Lipinski definition) is 3. The zero-order valence-corrected chi connectivity index (χ0v) is 10.6. The van der Waals surface area contributed by atoms with Crippen molar-refractivity contribution in [3.8, 4) is 0 Å². The van der Waals surface area contributed by atoms with Gasteiger partial charge in [0.15, 0.2) is 0 Å². The summed E-state index contributed by atoms with van der Waals surface area (Å²) in [6, 6.07) is -0.715. The van der Waals surface area contributed by atoms with E-state index in [9.17, 15) is 9.59 Å². The molecule has 2 atom stereocenters. The normalized spacial score (nSPS) is 15.1. The molecule has 0 aliphatic heterocycles. The molecule has 3 N–H and O–H groups in total. The van der Waals surface area contributed by atoms with Gasteiger partial charge in [-0.05, 0) is 19.3 Å². The van der Waals surface area contributed by atoms with Crippen molar-refractivity contribution in [1.82, 2.24) is 10.6 Å². The molecule has 5 nitrogen and oxygen atoms in total. The lowest BCUT2D eigenvalue weighted by Crippen LogP contribution is -2.47. The highest BCUT2D eigenvalue weighted by Gasteiger charge is 2.21. The van der Waals surface area contributed by atoms with Crippen molar-refractivity contribution < 1.29 is 14.7 Å². The molecule has 0 heterocycles. The van der Waals surface area contributed by atoms with E-state index < -0.39 is 17.9 Å². The van der Waals surface area contributed by atoms with Gasteiger partial charge in [0, 0.05) is 12.6 Å². The molecule has 0 spiro atoms. The second-order valence-corrected chi connectivity index (χ2v) is 5.30. The molecule has 94 valence electrons. The highest BCUT2D eigenvalue weighted by Crippen LogP contribution is 2.10. The molecule has 0 radical (unpaired) electrons. The van der Waals surface area contributed by atoms with Gasteiger partial charge >= 0.3 is 12.0 Å². The van der Waals surface area contributed by atoms with Gasteiger partial charge in [0.1, 0.15) is 0 Å². The van der Waals surface area contributed by atoms with Crippen molar-refractivity contribution in [2.75, 3.05) is 6.54 Å². The van der Waals surface area contributed by atoms with E-state index in [0.717, 1.165) is 0 Å². The molecular weight excluding hydrogens is 208 g/mol. The Bertz CT molecular complexity index is 258. The fourth-order valence-corrected chi connectivity index (χ4v) is 0.942. The fourth-order valence-electron chi connectivity index (χ4n) is 0.942. The first-order valence-electron chi connectivity index (χ1n) is 5.40. The Kier molecular flexibility index (Phi) is 5.27. The largest absolute Gasteiger partial charge is 0.481 e. The predicted molar refractivity (Wildman–Crippen MR) is 62.3 cm³/mol. The van der Waals surface area contributed by atoms with Crippen molar-refractivity contribution in [1.29, 1.82) is 0 Å². The molecule has 2 amide bonds. The zero-order chi connectivity index (χ0) is 12.9. The summed E-state index contributed by atoms with van der Waals surface area (Å²) in [5.74, 6) is -1.51. The molecule has 0 aliphatic carbocycles. The molecular formula is C11H22N2O3. The first-order chi connectivity index (χ1) is 7.13. The van der Waals surface area contributed by atoms with E-state index in [2.05, 4.69) is 10.6 Å². The molecule has 0 fully saturated rings. The molecule has 0 aromatic carbocycles. The van der Waals surface area contributed by atoms with Crippen LogP contribution in [-0.4, -0.2) is 29.7 Å². The summed E-state index contributed by atoms with van der Waals surface area (Å²) in [4.78, 5) is 22.1. The highest BCUT2D eigenvalue weighted by atomic mass is 16.4. The predicted octanol–water partition coefficient (Wildman–Crippen LogP) is 1.44. The summed E-state index contributed by atoms with van der Waals surface area (Å²) in [7, 11) is 0. The van der Waals surface area contributed by atoms with Crippen LogP contribution in [0.1, 0.15) is 34.6 Å². The summed E-state index contributed by atoms with van der Waals surface area (Å²) < 4.78 is 0. The average molecular weight is 230 g/mol. The molecule has 0 aromatic heterocycles. The third kappa shape index (κ3) is 6.27. The van der Waals surface area contributed by atoms with Gasteiger partial charge in [0.25, 0.3) is 0 Å². The summed E-state index contributed by atoms with van der Waals surface area (Å²) in [5.41, 5.74) is 0.0129. The molecule has 0 aliphatic rings. The SMILES string of the molecule is CC(NC(=O)NCC(C)(C)C)C(C)C(=O)O. The molecule has 16 heavy (non-hydrogen) atoms. The van der Waals surface area contributed by atoms with Crippen LogP contribution in [0, 0.1) is 11.3 Å². The quantitative estimate of drug-likeness (QED) is 0.683. The second kappa shape index (κ2) is 5.72. The Hall–Kier alpha value is -1.26. The summed E-state index contributed by atoms with van der Waals surface area (Å²) >= 11 is 0. The van der Waals surface area contributed by atoms with Crippen LogP contribution in [0.4, 0.5) is 4.79 Å². The van der Waals surface area contributed by atoms with Gasteiger partial charge < -0.3 is 15.7 Å². The van der Waals surface area contributed by atoms with Crippen LogP contribution >= 0.6 is 0 Å².